The predicted molar refractivity (Wildman–Crippen MR) is 89.6 cm³/mol. The monoisotopic (exact) mass is 343 g/mol. The van der Waals surface area contributed by atoms with E-state index in [1.165, 1.54) is 11.3 Å². The maximum Gasteiger partial charge on any atom is 0.257 e. The molecule has 4 rings (SSSR count). The van der Waals surface area contributed by atoms with Gasteiger partial charge in [-0.05, 0) is 37.8 Å². The van der Waals surface area contributed by atoms with E-state index in [-0.39, 0.29) is 11.9 Å². The lowest BCUT2D eigenvalue weighted by molar-refractivity contribution is 0.0935. The van der Waals surface area contributed by atoms with Crippen LogP contribution < -0.4 is 10.1 Å². The average Bonchev–Trinajstić information content (AvgIpc) is 3.27. The number of hydrogen-bond donors (Lipinski definition) is 1. The molecule has 0 unspecified atom stereocenters. The molecule has 8 heteroatoms. The zero-order valence-electron chi connectivity index (χ0n) is 13.4. The first-order valence-corrected chi connectivity index (χ1v) is 8.70. The van der Waals surface area contributed by atoms with Crippen LogP contribution in [0.5, 0.6) is 5.88 Å². The zero-order valence-corrected chi connectivity index (χ0v) is 14.3. The van der Waals surface area contributed by atoms with Gasteiger partial charge in [0, 0.05) is 5.69 Å². The van der Waals surface area contributed by atoms with Crippen LogP contribution in [0.4, 0.5) is 0 Å². The van der Waals surface area contributed by atoms with Crippen molar-refractivity contribution in [1.29, 1.82) is 0 Å². The van der Waals surface area contributed by atoms with Crippen molar-refractivity contribution in [3.8, 4) is 5.88 Å². The van der Waals surface area contributed by atoms with Gasteiger partial charge in [0.15, 0.2) is 0 Å². The number of methoxy groups -OCH3 is 1. The van der Waals surface area contributed by atoms with E-state index in [0.717, 1.165) is 41.2 Å². The number of rotatable bonds is 4. The standard InChI is InChI=1S/C16H17N5O2S/c1-9(13-7-21-16(20-13)24-8-17-21)18-14(22)11-6-10-4-3-5-12(10)19-15(11)23-2/h6-9H,3-5H2,1-2H3,(H,18,22)/t9-/m1/s1. The smallest absolute Gasteiger partial charge is 0.257 e. The van der Waals surface area contributed by atoms with E-state index in [1.807, 2.05) is 19.2 Å². The Balaban J connectivity index is 1.58. The topological polar surface area (TPSA) is 81.4 Å². The highest BCUT2D eigenvalue weighted by atomic mass is 32.1. The molecule has 0 spiro atoms. The van der Waals surface area contributed by atoms with Crippen molar-refractivity contribution in [3.05, 3.63) is 40.3 Å². The van der Waals surface area contributed by atoms with Crippen molar-refractivity contribution in [2.24, 2.45) is 0 Å². The minimum Gasteiger partial charge on any atom is -0.480 e. The van der Waals surface area contributed by atoms with Crippen LogP contribution in [0.1, 0.15) is 46.7 Å². The van der Waals surface area contributed by atoms with Gasteiger partial charge in [-0.2, -0.15) is 5.10 Å². The number of pyridine rings is 1. The summed E-state index contributed by atoms with van der Waals surface area (Å²) in [5.41, 5.74) is 5.16. The summed E-state index contributed by atoms with van der Waals surface area (Å²) < 4.78 is 7.02. The lowest BCUT2D eigenvalue weighted by Gasteiger charge is -2.14. The quantitative estimate of drug-likeness (QED) is 0.785. The summed E-state index contributed by atoms with van der Waals surface area (Å²) in [4.78, 5) is 22.5. The number of imidazole rings is 1. The molecule has 3 aromatic heterocycles. The van der Waals surface area contributed by atoms with Gasteiger partial charge in [-0.3, -0.25) is 4.79 Å². The number of fused-ring (bicyclic) bond motifs is 2. The first-order chi connectivity index (χ1) is 11.7. The van der Waals surface area contributed by atoms with Crippen LogP contribution in [-0.4, -0.2) is 32.6 Å². The lowest BCUT2D eigenvalue weighted by atomic mass is 10.1. The van der Waals surface area contributed by atoms with Gasteiger partial charge < -0.3 is 10.1 Å². The van der Waals surface area contributed by atoms with Gasteiger partial charge >= 0.3 is 0 Å². The first-order valence-electron chi connectivity index (χ1n) is 7.82. The second-order valence-corrected chi connectivity index (χ2v) is 6.64. The maximum absolute atomic E-state index is 12.7. The van der Waals surface area contributed by atoms with Crippen LogP contribution in [0.15, 0.2) is 17.8 Å². The Kier molecular flexibility index (Phi) is 3.68. The van der Waals surface area contributed by atoms with Gasteiger partial charge in [0.05, 0.1) is 25.0 Å². The van der Waals surface area contributed by atoms with Crippen LogP contribution in [-0.2, 0) is 12.8 Å². The molecule has 1 aliphatic carbocycles. The third-order valence-corrected chi connectivity index (χ3v) is 4.94. The fraction of sp³-hybridized carbons (Fsp3) is 0.375. The van der Waals surface area contributed by atoms with E-state index in [1.54, 1.807) is 17.1 Å². The van der Waals surface area contributed by atoms with Crippen LogP contribution in [0, 0.1) is 0 Å². The Labute approximate surface area is 142 Å². The third kappa shape index (κ3) is 2.52. The van der Waals surface area contributed by atoms with Crippen molar-refractivity contribution in [3.63, 3.8) is 0 Å². The van der Waals surface area contributed by atoms with Crippen LogP contribution in [0.3, 0.4) is 0 Å². The Bertz CT molecular complexity index is 888. The summed E-state index contributed by atoms with van der Waals surface area (Å²) in [6, 6.07) is 1.67. The lowest BCUT2D eigenvalue weighted by Crippen LogP contribution is -2.27. The number of nitrogens with one attached hydrogen (secondary N) is 1. The van der Waals surface area contributed by atoms with E-state index >= 15 is 0 Å². The maximum atomic E-state index is 12.7. The van der Waals surface area contributed by atoms with Crippen molar-refractivity contribution in [2.75, 3.05) is 7.11 Å². The molecule has 1 aliphatic rings. The minimum absolute atomic E-state index is 0.203. The molecule has 1 atom stereocenters. The largest absolute Gasteiger partial charge is 0.480 e. The summed E-state index contributed by atoms with van der Waals surface area (Å²) in [5.74, 6) is 0.179. The molecule has 3 aromatic rings. The number of nitrogens with zero attached hydrogens (tertiary/aromatic N) is 4. The Morgan fingerprint density at radius 1 is 1.42 bits per heavy atom. The van der Waals surface area contributed by atoms with E-state index in [4.69, 9.17) is 4.74 Å². The summed E-state index contributed by atoms with van der Waals surface area (Å²) >= 11 is 1.46. The van der Waals surface area contributed by atoms with Gasteiger partial charge in [-0.25, -0.2) is 14.5 Å². The normalized spacial score (nSPS) is 14.6. The van der Waals surface area contributed by atoms with Crippen molar-refractivity contribution < 1.29 is 9.53 Å². The second kappa shape index (κ2) is 5.86. The first kappa shape index (κ1) is 15.1. The molecule has 24 heavy (non-hydrogen) atoms. The molecule has 0 aliphatic heterocycles. The zero-order chi connectivity index (χ0) is 16.7. The summed E-state index contributed by atoms with van der Waals surface area (Å²) in [5, 5.41) is 7.13. The Morgan fingerprint density at radius 3 is 3.08 bits per heavy atom. The van der Waals surface area contributed by atoms with Gasteiger partial charge in [0.2, 0.25) is 10.8 Å². The number of amides is 1. The second-order valence-electron chi connectivity index (χ2n) is 5.83. The molecule has 1 N–H and O–H groups in total. The van der Waals surface area contributed by atoms with Gasteiger partial charge in [0.1, 0.15) is 11.1 Å². The highest BCUT2D eigenvalue weighted by molar-refractivity contribution is 7.14. The fourth-order valence-electron chi connectivity index (χ4n) is 2.98. The van der Waals surface area contributed by atoms with Crippen molar-refractivity contribution in [1.82, 2.24) is 24.9 Å². The summed E-state index contributed by atoms with van der Waals surface area (Å²) in [6.45, 7) is 1.90. The van der Waals surface area contributed by atoms with E-state index in [0.29, 0.717) is 11.4 Å². The van der Waals surface area contributed by atoms with E-state index in [2.05, 4.69) is 20.4 Å². The summed E-state index contributed by atoms with van der Waals surface area (Å²) in [6.07, 6.45) is 4.81. The van der Waals surface area contributed by atoms with Gasteiger partial charge in [-0.15, -0.1) is 0 Å². The molecule has 3 heterocycles. The number of carbonyl (C=O) groups is 1. The Hall–Kier alpha value is -2.48. The molecule has 124 valence electrons. The van der Waals surface area contributed by atoms with Crippen LogP contribution in [0.2, 0.25) is 0 Å². The molecule has 1 amide bonds. The number of aromatic nitrogens is 4. The molecule has 0 radical (unpaired) electrons. The third-order valence-electron chi connectivity index (χ3n) is 4.25. The van der Waals surface area contributed by atoms with Crippen LogP contribution in [0.25, 0.3) is 4.96 Å². The average molecular weight is 343 g/mol. The molecule has 0 saturated carbocycles. The number of ether oxygens (including phenoxy) is 1. The molecule has 0 aromatic carbocycles. The van der Waals surface area contributed by atoms with Crippen molar-refractivity contribution in [2.45, 2.75) is 32.2 Å². The van der Waals surface area contributed by atoms with E-state index < -0.39 is 0 Å². The molecular formula is C16H17N5O2S. The number of aryl methyl sites for hydroxylation is 2. The summed E-state index contributed by atoms with van der Waals surface area (Å²) in [7, 11) is 1.54. The molecule has 0 bridgehead atoms. The van der Waals surface area contributed by atoms with Crippen LogP contribution >= 0.6 is 11.3 Å². The minimum atomic E-state index is -0.232. The fourth-order valence-corrected chi connectivity index (χ4v) is 3.59. The van der Waals surface area contributed by atoms with Gasteiger partial charge in [-0.1, -0.05) is 11.3 Å². The highest BCUT2D eigenvalue weighted by Gasteiger charge is 2.23. The Morgan fingerprint density at radius 2 is 2.29 bits per heavy atom. The number of carbonyl (C=O) groups excluding carboxylic acids is 1. The van der Waals surface area contributed by atoms with Crippen molar-refractivity contribution >= 4 is 22.2 Å². The molecule has 7 nitrogen and oxygen atoms in total. The molecule has 0 fully saturated rings. The SMILES string of the molecule is COc1nc2c(cc1C(=O)N[C@H](C)c1cn3ncsc3n1)CCC2. The van der Waals surface area contributed by atoms with E-state index in [9.17, 15) is 4.79 Å². The molecular weight excluding hydrogens is 326 g/mol. The molecule has 0 saturated heterocycles. The van der Waals surface area contributed by atoms with Gasteiger partial charge in [0.25, 0.3) is 5.91 Å². The highest BCUT2D eigenvalue weighted by Crippen LogP contribution is 2.27. The number of hydrogen-bond acceptors (Lipinski definition) is 6. The predicted octanol–water partition coefficient (Wildman–Crippen LogP) is 2.17.